The molecule has 2 amide bonds. The molecule has 4 aromatic rings. The van der Waals surface area contributed by atoms with Crippen LogP contribution >= 0.6 is 0 Å². The monoisotopic (exact) mass is 502 g/mol. The number of carbonyl (C=O) groups excluding carboxylic acids is 2. The molecule has 5 rings (SSSR count). The van der Waals surface area contributed by atoms with Gasteiger partial charge in [0.05, 0.1) is 23.8 Å². The fourth-order valence-electron chi connectivity index (χ4n) is 5.14. The summed E-state index contributed by atoms with van der Waals surface area (Å²) in [6.45, 7) is 1.95. The van der Waals surface area contributed by atoms with Crippen LogP contribution < -0.4 is 21.1 Å². The zero-order valence-electron chi connectivity index (χ0n) is 21.1. The van der Waals surface area contributed by atoms with Gasteiger partial charge >= 0.3 is 5.69 Å². The minimum Gasteiger partial charge on any atom is -0.496 e. The second kappa shape index (κ2) is 9.96. The van der Waals surface area contributed by atoms with Crippen LogP contribution in [0.15, 0.2) is 53.5 Å². The third kappa shape index (κ3) is 4.74. The molecule has 0 bridgehead atoms. The highest BCUT2D eigenvalue weighted by Crippen LogP contribution is 2.35. The van der Waals surface area contributed by atoms with Gasteiger partial charge in [-0.15, -0.1) is 0 Å². The van der Waals surface area contributed by atoms with Crippen molar-refractivity contribution in [1.82, 2.24) is 19.3 Å². The zero-order chi connectivity index (χ0) is 26.1. The van der Waals surface area contributed by atoms with Gasteiger partial charge in [-0.25, -0.2) is 4.79 Å². The summed E-state index contributed by atoms with van der Waals surface area (Å²) in [5, 5.41) is 9.92. The van der Waals surface area contributed by atoms with Crippen LogP contribution in [0.4, 0.5) is 11.4 Å². The lowest BCUT2D eigenvalue weighted by molar-refractivity contribution is -0.121. The molecule has 2 aromatic heterocycles. The minimum absolute atomic E-state index is 0.0178. The number of imidazole rings is 1. The van der Waals surface area contributed by atoms with Crippen LogP contribution in [0, 0.1) is 12.8 Å². The lowest BCUT2D eigenvalue weighted by Crippen LogP contribution is -2.31. The second-order valence-electron chi connectivity index (χ2n) is 9.47. The first-order valence-corrected chi connectivity index (χ1v) is 12.3. The van der Waals surface area contributed by atoms with Gasteiger partial charge in [0.1, 0.15) is 11.4 Å². The molecule has 1 saturated carbocycles. The maximum absolute atomic E-state index is 13.0. The quantitative estimate of drug-likeness (QED) is 0.368. The van der Waals surface area contributed by atoms with Crippen molar-refractivity contribution in [3.63, 3.8) is 0 Å². The summed E-state index contributed by atoms with van der Waals surface area (Å²) in [6, 6.07) is 12.7. The topological polar surface area (TPSA) is 123 Å². The highest BCUT2D eigenvalue weighted by atomic mass is 16.5. The molecule has 37 heavy (non-hydrogen) atoms. The smallest absolute Gasteiger partial charge is 0.326 e. The number of benzene rings is 2. The molecule has 10 nitrogen and oxygen atoms in total. The molecule has 0 unspecified atom stereocenters. The number of methoxy groups -OCH3 is 1. The van der Waals surface area contributed by atoms with Crippen LogP contribution in [0.1, 0.15) is 47.8 Å². The fraction of sp³-hybridized carbons (Fsp3) is 0.333. The van der Waals surface area contributed by atoms with Gasteiger partial charge in [0.2, 0.25) is 5.91 Å². The summed E-state index contributed by atoms with van der Waals surface area (Å²) in [7, 11) is 3.31. The Morgan fingerprint density at radius 2 is 1.86 bits per heavy atom. The zero-order valence-corrected chi connectivity index (χ0v) is 21.1. The third-order valence-electron chi connectivity index (χ3n) is 7.16. The number of aryl methyl sites for hydroxylation is 2. The van der Waals surface area contributed by atoms with Gasteiger partial charge in [-0.3, -0.25) is 18.8 Å². The van der Waals surface area contributed by atoms with Crippen LogP contribution in [0.25, 0.3) is 11.0 Å². The molecular formula is C27H30N6O4. The highest BCUT2D eigenvalue weighted by molar-refractivity contribution is 6.07. The summed E-state index contributed by atoms with van der Waals surface area (Å²) in [6.07, 6.45) is 4.31. The molecule has 1 aliphatic rings. The van der Waals surface area contributed by atoms with E-state index in [0.717, 1.165) is 16.8 Å². The van der Waals surface area contributed by atoms with Gasteiger partial charge in [0.15, 0.2) is 0 Å². The van der Waals surface area contributed by atoms with E-state index in [-0.39, 0.29) is 29.5 Å². The van der Waals surface area contributed by atoms with E-state index in [1.807, 2.05) is 37.3 Å². The normalized spacial score (nSPS) is 17.5. The first-order valence-electron chi connectivity index (χ1n) is 12.3. The van der Waals surface area contributed by atoms with Crippen LogP contribution in [-0.2, 0) is 11.8 Å². The maximum atomic E-state index is 13.0. The number of fused-ring (bicyclic) bond motifs is 1. The van der Waals surface area contributed by atoms with Crippen molar-refractivity contribution < 1.29 is 14.3 Å². The molecule has 3 N–H and O–H groups in total. The van der Waals surface area contributed by atoms with E-state index in [0.29, 0.717) is 48.3 Å². The van der Waals surface area contributed by atoms with Crippen molar-refractivity contribution >= 4 is 34.2 Å². The van der Waals surface area contributed by atoms with Crippen molar-refractivity contribution in [3.05, 3.63) is 70.4 Å². The summed E-state index contributed by atoms with van der Waals surface area (Å²) < 4.78 is 8.61. The number of ether oxygens (including phenoxy) is 1. The Hall–Kier alpha value is -4.34. The molecule has 0 aliphatic heterocycles. The molecule has 1 fully saturated rings. The number of para-hydroxylation sites is 1. The van der Waals surface area contributed by atoms with Gasteiger partial charge in [0.25, 0.3) is 5.91 Å². The molecule has 2 aromatic carbocycles. The Kier molecular flexibility index (Phi) is 6.56. The van der Waals surface area contributed by atoms with Gasteiger partial charge in [-0.2, -0.15) is 5.10 Å². The number of aromatic amines is 1. The van der Waals surface area contributed by atoms with Crippen LogP contribution in [0.2, 0.25) is 0 Å². The molecule has 10 heteroatoms. The molecular weight excluding hydrogens is 472 g/mol. The molecule has 0 atom stereocenters. The Morgan fingerprint density at radius 1 is 1.08 bits per heavy atom. The lowest BCUT2D eigenvalue weighted by atomic mass is 9.85. The van der Waals surface area contributed by atoms with Gasteiger partial charge in [-0.05, 0) is 62.4 Å². The lowest BCUT2D eigenvalue weighted by Gasteiger charge is -2.28. The van der Waals surface area contributed by atoms with E-state index in [2.05, 4.69) is 20.7 Å². The number of H-pyrrole nitrogens is 1. The Morgan fingerprint density at radius 3 is 2.57 bits per heavy atom. The van der Waals surface area contributed by atoms with E-state index in [9.17, 15) is 14.4 Å². The minimum atomic E-state index is -0.307. The second-order valence-corrected chi connectivity index (χ2v) is 9.47. The fourth-order valence-corrected chi connectivity index (χ4v) is 5.14. The van der Waals surface area contributed by atoms with E-state index in [1.165, 1.54) is 4.68 Å². The number of carbonyl (C=O) groups is 2. The first-order chi connectivity index (χ1) is 17.9. The number of hydrogen-bond acceptors (Lipinski definition) is 5. The predicted octanol–water partition coefficient (Wildman–Crippen LogP) is 4.00. The van der Waals surface area contributed by atoms with Crippen molar-refractivity contribution in [2.75, 3.05) is 17.7 Å². The summed E-state index contributed by atoms with van der Waals surface area (Å²) in [5.74, 6) is 0.281. The Labute approximate surface area is 213 Å². The van der Waals surface area contributed by atoms with E-state index >= 15 is 0 Å². The number of anilines is 2. The van der Waals surface area contributed by atoms with Crippen molar-refractivity contribution in [1.29, 1.82) is 0 Å². The van der Waals surface area contributed by atoms with E-state index < -0.39 is 0 Å². The molecule has 1 aliphatic carbocycles. The number of aromatic nitrogens is 4. The Bertz CT molecular complexity index is 1520. The van der Waals surface area contributed by atoms with Crippen LogP contribution in [0.3, 0.4) is 0 Å². The van der Waals surface area contributed by atoms with Crippen molar-refractivity contribution in [2.24, 2.45) is 13.0 Å². The largest absolute Gasteiger partial charge is 0.496 e. The van der Waals surface area contributed by atoms with Crippen molar-refractivity contribution in [2.45, 2.75) is 38.6 Å². The average molecular weight is 503 g/mol. The molecule has 0 spiro atoms. The molecule has 0 radical (unpaired) electrons. The van der Waals surface area contributed by atoms with E-state index in [4.69, 9.17) is 4.74 Å². The maximum Gasteiger partial charge on any atom is 0.326 e. The Balaban J connectivity index is 1.29. The summed E-state index contributed by atoms with van der Waals surface area (Å²) >= 11 is 0. The third-order valence-corrected chi connectivity index (χ3v) is 7.16. The summed E-state index contributed by atoms with van der Waals surface area (Å²) in [5.41, 5.74) is 3.74. The van der Waals surface area contributed by atoms with Gasteiger partial charge in [-0.1, -0.05) is 12.1 Å². The van der Waals surface area contributed by atoms with Crippen molar-refractivity contribution in [3.8, 4) is 5.75 Å². The standard InChI is InChI=1S/C27H30N6O4/c1-16-7-10-18(15-23(16)37-3)29-25(34)17-8-11-19(12-9-17)33-21-6-4-5-20(24(21)31-27(33)36)30-26(35)22-13-14-28-32(22)2/h4-7,10,13-15,17,19H,8-9,11-12H2,1-3H3,(H,29,34)(H,30,35)(H,31,36)/t17-,19+. The van der Waals surface area contributed by atoms with Crippen LogP contribution in [0.5, 0.6) is 5.75 Å². The molecule has 0 saturated heterocycles. The SMILES string of the molecule is COc1cc(NC(=O)[C@H]2CC[C@@H](n3c(=O)[nH]c4c(NC(=O)c5ccnn5C)cccc43)CC2)ccc1C. The average Bonchev–Trinajstić information content (AvgIpc) is 3.48. The number of rotatable bonds is 6. The van der Waals surface area contributed by atoms with E-state index in [1.54, 1.807) is 37.1 Å². The number of nitrogens with zero attached hydrogens (tertiary/aromatic N) is 3. The molecule has 192 valence electrons. The number of hydrogen-bond donors (Lipinski definition) is 3. The van der Waals surface area contributed by atoms with Gasteiger partial charge < -0.3 is 20.4 Å². The van der Waals surface area contributed by atoms with Crippen LogP contribution in [-0.4, -0.2) is 38.3 Å². The first kappa shape index (κ1) is 24.4. The van der Waals surface area contributed by atoms with Gasteiger partial charge in [0, 0.05) is 37.0 Å². The number of amides is 2. The predicted molar refractivity (Wildman–Crippen MR) is 141 cm³/mol. The highest BCUT2D eigenvalue weighted by Gasteiger charge is 2.29. The molecule has 2 heterocycles. The number of nitrogens with one attached hydrogen (secondary N) is 3. The summed E-state index contributed by atoms with van der Waals surface area (Å²) in [4.78, 5) is 41.5.